The normalized spacial score (nSPS) is 11.1. The Labute approximate surface area is 133 Å². The molecule has 116 valence electrons. The lowest BCUT2D eigenvalue weighted by atomic mass is 10.2. The van der Waals surface area contributed by atoms with Gasteiger partial charge < -0.3 is 9.47 Å². The number of benzene rings is 2. The second-order valence-electron chi connectivity index (χ2n) is 4.85. The van der Waals surface area contributed by atoms with Crippen LogP contribution >= 0.6 is 0 Å². The summed E-state index contributed by atoms with van der Waals surface area (Å²) >= 11 is 0. The van der Waals surface area contributed by atoms with Crippen molar-refractivity contribution in [3.63, 3.8) is 0 Å². The van der Waals surface area contributed by atoms with Crippen LogP contribution < -0.4 is 9.47 Å². The molecule has 0 N–H and O–H groups in total. The summed E-state index contributed by atoms with van der Waals surface area (Å²) in [6, 6.07) is 9.85. The number of ether oxygens (including phenoxy) is 2. The minimum Gasteiger partial charge on any atom is -0.493 e. The molecule has 0 spiro atoms. The van der Waals surface area contributed by atoms with Crippen molar-refractivity contribution in [1.82, 2.24) is 9.97 Å². The molecule has 1 heterocycles. The Morgan fingerprint density at radius 2 is 1.91 bits per heavy atom. The van der Waals surface area contributed by atoms with Gasteiger partial charge in [-0.25, -0.2) is 14.4 Å². The van der Waals surface area contributed by atoms with E-state index in [0.717, 1.165) is 5.56 Å². The fraction of sp³-hybridized carbons (Fsp3) is 0.111. The number of nitrogens with zero attached hydrogens (tertiary/aromatic N) is 2. The lowest BCUT2D eigenvalue weighted by Gasteiger charge is -2.11. The average molecular weight is 310 g/mol. The van der Waals surface area contributed by atoms with Gasteiger partial charge in [-0.3, -0.25) is 0 Å². The summed E-state index contributed by atoms with van der Waals surface area (Å²) in [6.45, 7) is 1.94. The van der Waals surface area contributed by atoms with Gasteiger partial charge in [0.2, 0.25) is 5.88 Å². The predicted molar refractivity (Wildman–Crippen MR) is 87.3 cm³/mol. The molecule has 0 radical (unpaired) electrons. The van der Waals surface area contributed by atoms with Crippen LogP contribution in [0.5, 0.6) is 17.4 Å². The van der Waals surface area contributed by atoms with E-state index in [1.807, 2.05) is 31.2 Å². The molecule has 0 saturated carbocycles. The molecule has 1 aromatic heterocycles. The Morgan fingerprint density at radius 1 is 1.04 bits per heavy atom. The Kier molecular flexibility index (Phi) is 4.19. The first-order valence-electron chi connectivity index (χ1n) is 7.10. The fourth-order valence-corrected chi connectivity index (χ4v) is 2.26. The van der Waals surface area contributed by atoms with Crippen molar-refractivity contribution >= 4 is 17.0 Å². The minimum atomic E-state index is -0.368. The summed E-state index contributed by atoms with van der Waals surface area (Å²) in [5.74, 6) is 0.993. The van der Waals surface area contributed by atoms with E-state index in [-0.39, 0.29) is 11.7 Å². The molecule has 0 atom stereocenters. The van der Waals surface area contributed by atoms with E-state index < -0.39 is 0 Å². The van der Waals surface area contributed by atoms with Crippen molar-refractivity contribution in [2.75, 3.05) is 7.11 Å². The van der Waals surface area contributed by atoms with Crippen LogP contribution in [0, 0.1) is 5.82 Å². The van der Waals surface area contributed by atoms with E-state index in [1.54, 1.807) is 19.2 Å². The van der Waals surface area contributed by atoms with Crippen molar-refractivity contribution in [3.05, 3.63) is 60.2 Å². The third-order valence-electron chi connectivity index (χ3n) is 3.31. The van der Waals surface area contributed by atoms with Crippen LogP contribution in [0.4, 0.5) is 4.39 Å². The molecule has 0 aliphatic heterocycles. The number of aromatic nitrogens is 2. The van der Waals surface area contributed by atoms with Gasteiger partial charge >= 0.3 is 0 Å². The van der Waals surface area contributed by atoms with Crippen molar-refractivity contribution in [1.29, 1.82) is 0 Å². The average Bonchev–Trinajstić information content (AvgIpc) is 2.57. The first kappa shape index (κ1) is 15.0. The first-order chi connectivity index (χ1) is 11.2. The van der Waals surface area contributed by atoms with Crippen LogP contribution in [-0.4, -0.2) is 17.1 Å². The molecule has 0 aliphatic carbocycles. The zero-order valence-corrected chi connectivity index (χ0v) is 12.8. The molecule has 3 rings (SSSR count). The number of fused-ring (bicyclic) bond motifs is 1. The van der Waals surface area contributed by atoms with Crippen molar-refractivity contribution in [3.8, 4) is 17.4 Å². The van der Waals surface area contributed by atoms with Crippen LogP contribution in [0.25, 0.3) is 17.0 Å². The molecular formula is C18H15FN2O2. The highest BCUT2D eigenvalue weighted by molar-refractivity contribution is 5.83. The molecule has 2 aromatic carbocycles. The highest BCUT2D eigenvalue weighted by atomic mass is 19.1. The molecule has 0 aliphatic rings. The monoisotopic (exact) mass is 310 g/mol. The molecule has 23 heavy (non-hydrogen) atoms. The largest absolute Gasteiger partial charge is 0.493 e. The van der Waals surface area contributed by atoms with Crippen molar-refractivity contribution < 1.29 is 13.9 Å². The van der Waals surface area contributed by atoms with Gasteiger partial charge in [-0.1, -0.05) is 18.2 Å². The highest BCUT2D eigenvalue weighted by Gasteiger charge is 2.11. The Bertz CT molecular complexity index is 878. The first-order valence-corrected chi connectivity index (χ1v) is 7.10. The van der Waals surface area contributed by atoms with Gasteiger partial charge in [0.15, 0.2) is 11.5 Å². The van der Waals surface area contributed by atoms with Gasteiger partial charge in [0.25, 0.3) is 0 Å². The van der Waals surface area contributed by atoms with Gasteiger partial charge in [0.1, 0.15) is 12.1 Å². The van der Waals surface area contributed by atoms with E-state index in [4.69, 9.17) is 9.47 Å². The standard InChI is InChI=1S/C18H15FN2O2/c1-3-4-12-5-8-16(17(9-12)22-2)23-18-14-10-13(19)6-7-15(14)20-11-21-18/h3-11H,1-2H3/b4-3+. The lowest BCUT2D eigenvalue weighted by molar-refractivity contribution is 0.375. The van der Waals surface area contributed by atoms with E-state index >= 15 is 0 Å². The molecule has 5 heteroatoms. The van der Waals surface area contributed by atoms with Crippen molar-refractivity contribution in [2.24, 2.45) is 0 Å². The SMILES string of the molecule is C/C=C/c1ccc(Oc2ncnc3ccc(F)cc23)c(OC)c1. The highest BCUT2D eigenvalue weighted by Crippen LogP contribution is 2.34. The van der Waals surface area contributed by atoms with Crippen LogP contribution in [0.1, 0.15) is 12.5 Å². The summed E-state index contributed by atoms with van der Waals surface area (Å²) in [4.78, 5) is 8.22. The second-order valence-corrected chi connectivity index (χ2v) is 4.85. The van der Waals surface area contributed by atoms with Gasteiger partial charge in [-0.2, -0.15) is 0 Å². The maximum absolute atomic E-state index is 13.5. The third-order valence-corrected chi connectivity index (χ3v) is 3.31. The predicted octanol–water partition coefficient (Wildman–Crippen LogP) is 4.60. The van der Waals surface area contributed by atoms with E-state index in [1.165, 1.54) is 18.5 Å². The topological polar surface area (TPSA) is 44.2 Å². The number of allylic oxidation sites excluding steroid dienone is 1. The Hall–Kier alpha value is -2.95. The molecule has 0 fully saturated rings. The number of halogens is 1. The zero-order chi connectivity index (χ0) is 16.2. The second kappa shape index (κ2) is 6.44. The lowest BCUT2D eigenvalue weighted by Crippen LogP contribution is -1.95. The van der Waals surface area contributed by atoms with Crippen LogP contribution in [0.3, 0.4) is 0 Å². The van der Waals surface area contributed by atoms with Gasteiger partial charge in [-0.05, 0) is 42.8 Å². The number of hydrogen-bond donors (Lipinski definition) is 0. The maximum atomic E-state index is 13.5. The molecule has 0 unspecified atom stereocenters. The molecule has 0 bridgehead atoms. The number of methoxy groups -OCH3 is 1. The maximum Gasteiger partial charge on any atom is 0.230 e. The molecular weight excluding hydrogens is 295 g/mol. The molecule has 4 nitrogen and oxygen atoms in total. The summed E-state index contributed by atoms with van der Waals surface area (Å²) in [5.41, 5.74) is 1.61. The fourth-order valence-electron chi connectivity index (χ4n) is 2.26. The molecule has 0 saturated heterocycles. The summed E-state index contributed by atoms with van der Waals surface area (Å²) in [5, 5.41) is 0.507. The van der Waals surface area contributed by atoms with Gasteiger partial charge in [-0.15, -0.1) is 0 Å². The summed E-state index contributed by atoms with van der Waals surface area (Å²) in [6.07, 6.45) is 5.29. The Morgan fingerprint density at radius 3 is 2.70 bits per heavy atom. The smallest absolute Gasteiger partial charge is 0.230 e. The zero-order valence-electron chi connectivity index (χ0n) is 12.8. The van der Waals surface area contributed by atoms with Crippen molar-refractivity contribution in [2.45, 2.75) is 6.92 Å². The number of hydrogen-bond acceptors (Lipinski definition) is 4. The van der Waals surface area contributed by atoms with Crippen LogP contribution in [-0.2, 0) is 0 Å². The summed E-state index contributed by atoms with van der Waals surface area (Å²) < 4.78 is 24.7. The molecule has 0 amide bonds. The van der Waals surface area contributed by atoms with E-state index in [2.05, 4.69) is 9.97 Å². The number of rotatable bonds is 4. The van der Waals surface area contributed by atoms with Gasteiger partial charge in [0, 0.05) is 0 Å². The van der Waals surface area contributed by atoms with E-state index in [0.29, 0.717) is 22.4 Å². The summed E-state index contributed by atoms with van der Waals surface area (Å²) in [7, 11) is 1.57. The van der Waals surface area contributed by atoms with Crippen LogP contribution in [0.2, 0.25) is 0 Å². The van der Waals surface area contributed by atoms with Crippen LogP contribution in [0.15, 0.2) is 48.8 Å². The van der Waals surface area contributed by atoms with E-state index in [9.17, 15) is 4.39 Å². The molecule has 3 aromatic rings. The van der Waals surface area contributed by atoms with Gasteiger partial charge in [0.05, 0.1) is 18.0 Å². The minimum absolute atomic E-state index is 0.284. The Balaban J connectivity index is 2.03. The third kappa shape index (κ3) is 3.13. The quantitative estimate of drug-likeness (QED) is 0.706.